The lowest BCUT2D eigenvalue weighted by Crippen LogP contribution is -2.43. The van der Waals surface area contributed by atoms with E-state index in [2.05, 4.69) is 5.32 Å². The molecule has 0 radical (unpaired) electrons. The van der Waals surface area contributed by atoms with E-state index in [0.717, 1.165) is 39.3 Å². The Hall–Kier alpha value is -2.38. The van der Waals surface area contributed by atoms with E-state index < -0.39 is 0 Å². The van der Waals surface area contributed by atoms with E-state index in [1.54, 1.807) is 12.0 Å². The second-order valence-corrected chi connectivity index (χ2v) is 11.1. The van der Waals surface area contributed by atoms with Crippen molar-refractivity contribution in [3.63, 3.8) is 0 Å². The van der Waals surface area contributed by atoms with Crippen LogP contribution in [0.1, 0.15) is 44.1 Å². The standard InChI is InChI=1S/C27H32N2O3S2/c1-32-21-14-12-20(13-15-21)18-25-27(31)29(23-10-5-6-11-24(23)34-25)19-26(30)28-16-7-17-33-22-8-3-2-4-9-22/h5-6,10-15,18,22H,2-4,7-9,16-17,19H2,1H3,(H,28,30). The number of hydrogen-bond acceptors (Lipinski definition) is 5. The largest absolute Gasteiger partial charge is 0.497 e. The molecule has 1 heterocycles. The van der Waals surface area contributed by atoms with Crippen LogP contribution in [0.3, 0.4) is 0 Å². The minimum atomic E-state index is -0.150. The highest BCUT2D eigenvalue weighted by Crippen LogP contribution is 2.42. The van der Waals surface area contributed by atoms with Gasteiger partial charge in [0.1, 0.15) is 12.3 Å². The maximum Gasteiger partial charge on any atom is 0.265 e. The number of carbonyl (C=O) groups is 2. The molecule has 0 bridgehead atoms. The van der Waals surface area contributed by atoms with Crippen molar-refractivity contribution in [3.05, 3.63) is 59.0 Å². The Kier molecular flexibility index (Phi) is 8.99. The van der Waals surface area contributed by atoms with Gasteiger partial charge in [0.25, 0.3) is 5.91 Å². The molecule has 2 aromatic rings. The first-order valence-electron chi connectivity index (χ1n) is 12.0. The number of ether oxygens (including phenoxy) is 1. The second kappa shape index (κ2) is 12.4. The summed E-state index contributed by atoms with van der Waals surface area (Å²) >= 11 is 3.49. The Bertz CT molecular complexity index is 1020. The minimum Gasteiger partial charge on any atom is -0.497 e. The van der Waals surface area contributed by atoms with Gasteiger partial charge in [-0.15, -0.1) is 0 Å². The molecule has 2 aromatic carbocycles. The number of nitrogens with zero attached hydrogens (tertiary/aromatic N) is 1. The van der Waals surface area contributed by atoms with E-state index in [1.807, 2.05) is 66.4 Å². The van der Waals surface area contributed by atoms with Crippen molar-refractivity contribution in [2.24, 2.45) is 0 Å². The van der Waals surface area contributed by atoms with E-state index in [9.17, 15) is 9.59 Å². The summed E-state index contributed by atoms with van der Waals surface area (Å²) in [4.78, 5) is 29.2. The number of carbonyl (C=O) groups excluding carboxylic acids is 2. The molecule has 34 heavy (non-hydrogen) atoms. The number of methoxy groups -OCH3 is 1. The third-order valence-corrected chi connectivity index (χ3v) is 8.64. The van der Waals surface area contributed by atoms with Gasteiger partial charge in [0.2, 0.25) is 5.91 Å². The molecule has 0 aromatic heterocycles. The third-order valence-electron chi connectivity index (χ3n) is 6.10. The lowest BCUT2D eigenvalue weighted by atomic mass is 10.0. The maximum absolute atomic E-state index is 13.3. The second-order valence-electron chi connectivity index (χ2n) is 8.58. The van der Waals surface area contributed by atoms with Crippen LogP contribution in [0.25, 0.3) is 6.08 Å². The fourth-order valence-corrected chi connectivity index (χ4v) is 6.62. The van der Waals surface area contributed by atoms with Gasteiger partial charge < -0.3 is 10.1 Å². The van der Waals surface area contributed by atoms with Crippen LogP contribution in [-0.4, -0.2) is 43.0 Å². The van der Waals surface area contributed by atoms with Gasteiger partial charge in [-0.05, 0) is 60.9 Å². The summed E-state index contributed by atoms with van der Waals surface area (Å²) in [5.41, 5.74) is 1.70. The zero-order chi connectivity index (χ0) is 23.8. The monoisotopic (exact) mass is 496 g/mol. The highest BCUT2D eigenvalue weighted by atomic mass is 32.2. The van der Waals surface area contributed by atoms with E-state index in [1.165, 1.54) is 43.9 Å². The fourth-order valence-electron chi connectivity index (χ4n) is 4.25. The van der Waals surface area contributed by atoms with Gasteiger partial charge in [0.15, 0.2) is 0 Å². The predicted octanol–water partition coefficient (Wildman–Crippen LogP) is 5.75. The van der Waals surface area contributed by atoms with Gasteiger partial charge in [0.05, 0.1) is 17.7 Å². The number of thioether (sulfide) groups is 2. The van der Waals surface area contributed by atoms with Gasteiger partial charge in [-0.2, -0.15) is 11.8 Å². The van der Waals surface area contributed by atoms with Crippen molar-refractivity contribution in [3.8, 4) is 5.75 Å². The molecule has 2 amide bonds. The molecule has 0 saturated heterocycles. The molecule has 1 aliphatic heterocycles. The number of hydrogen-bond donors (Lipinski definition) is 1. The Morgan fingerprint density at radius 2 is 1.91 bits per heavy atom. The SMILES string of the molecule is COc1ccc(C=C2Sc3ccccc3N(CC(=O)NCCCSC3CCCCC3)C2=O)cc1. The quantitative estimate of drug-likeness (QED) is 0.354. The first-order chi connectivity index (χ1) is 16.6. The number of rotatable bonds is 9. The molecular formula is C27H32N2O3S2. The fraction of sp³-hybridized carbons (Fsp3) is 0.407. The van der Waals surface area contributed by atoms with Crippen LogP contribution in [0, 0.1) is 0 Å². The number of para-hydroxylation sites is 1. The molecule has 1 fully saturated rings. The summed E-state index contributed by atoms with van der Waals surface area (Å²) in [5, 5.41) is 3.80. The van der Waals surface area contributed by atoms with Crippen LogP contribution in [0.2, 0.25) is 0 Å². The van der Waals surface area contributed by atoms with Crippen molar-refractivity contribution in [1.29, 1.82) is 0 Å². The Morgan fingerprint density at radius 1 is 1.15 bits per heavy atom. The minimum absolute atomic E-state index is 0.0200. The first kappa shape index (κ1) is 24.7. The predicted molar refractivity (Wildman–Crippen MR) is 143 cm³/mol. The smallest absolute Gasteiger partial charge is 0.265 e. The Morgan fingerprint density at radius 3 is 2.68 bits per heavy atom. The molecule has 5 nitrogen and oxygen atoms in total. The first-order valence-corrected chi connectivity index (χ1v) is 13.8. The Labute approximate surface area is 210 Å². The highest BCUT2D eigenvalue weighted by Gasteiger charge is 2.30. The summed E-state index contributed by atoms with van der Waals surface area (Å²) < 4.78 is 5.22. The Balaban J connectivity index is 1.36. The van der Waals surface area contributed by atoms with Gasteiger partial charge in [0, 0.05) is 16.7 Å². The molecule has 1 N–H and O–H groups in total. The summed E-state index contributed by atoms with van der Waals surface area (Å²) in [6, 6.07) is 15.3. The van der Waals surface area contributed by atoms with E-state index in [0.29, 0.717) is 11.4 Å². The van der Waals surface area contributed by atoms with Crippen molar-refractivity contribution in [2.45, 2.75) is 48.7 Å². The molecule has 4 rings (SSSR count). The van der Waals surface area contributed by atoms with E-state index >= 15 is 0 Å². The zero-order valence-electron chi connectivity index (χ0n) is 19.6. The molecule has 7 heteroatoms. The lowest BCUT2D eigenvalue weighted by Gasteiger charge is -2.29. The molecule has 1 saturated carbocycles. The van der Waals surface area contributed by atoms with Gasteiger partial charge in [-0.3, -0.25) is 14.5 Å². The molecule has 1 aliphatic carbocycles. The van der Waals surface area contributed by atoms with Gasteiger partial charge >= 0.3 is 0 Å². The third kappa shape index (κ3) is 6.60. The van der Waals surface area contributed by atoms with Crippen LogP contribution in [0.15, 0.2) is 58.3 Å². The number of benzene rings is 2. The summed E-state index contributed by atoms with van der Waals surface area (Å²) in [6.07, 6.45) is 9.57. The lowest BCUT2D eigenvalue weighted by molar-refractivity contribution is -0.122. The van der Waals surface area contributed by atoms with Crippen molar-refractivity contribution in [2.75, 3.05) is 30.9 Å². The number of nitrogens with one attached hydrogen (secondary N) is 1. The summed E-state index contributed by atoms with van der Waals surface area (Å²) in [5.74, 6) is 1.57. The zero-order valence-corrected chi connectivity index (χ0v) is 21.3. The van der Waals surface area contributed by atoms with Crippen molar-refractivity contribution < 1.29 is 14.3 Å². The average molecular weight is 497 g/mol. The van der Waals surface area contributed by atoms with Crippen LogP contribution in [0.4, 0.5) is 5.69 Å². The number of fused-ring (bicyclic) bond motifs is 1. The van der Waals surface area contributed by atoms with Crippen molar-refractivity contribution >= 4 is 47.1 Å². The van der Waals surface area contributed by atoms with Gasteiger partial charge in [-0.25, -0.2) is 0 Å². The van der Waals surface area contributed by atoms with Crippen LogP contribution in [-0.2, 0) is 9.59 Å². The number of amides is 2. The van der Waals surface area contributed by atoms with Crippen LogP contribution in [0.5, 0.6) is 5.75 Å². The highest BCUT2D eigenvalue weighted by molar-refractivity contribution is 8.04. The molecule has 0 unspecified atom stereocenters. The van der Waals surface area contributed by atoms with Crippen molar-refractivity contribution in [1.82, 2.24) is 5.32 Å². The molecule has 0 spiro atoms. The van der Waals surface area contributed by atoms with Gasteiger partial charge in [-0.1, -0.05) is 55.3 Å². The average Bonchev–Trinajstić information content (AvgIpc) is 2.87. The maximum atomic E-state index is 13.3. The molecule has 0 atom stereocenters. The van der Waals surface area contributed by atoms with Crippen LogP contribution >= 0.6 is 23.5 Å². The van der Waals surface area contributed by atoms with Crippen LogP contribution < -0.4 is 15.0 Å². The normalized spacial score (nSPS) is 17.5. The topological polar surface area (TPSA) is 58.6 Å². The number of anilines is 1. The molecular weight excluding hydrogens is 464 g/mol. The van der Waals surface area contributed by atoms with E-state index in [-0.39, 0.29) is 18.4 Å². The summed E-state index contributed by atoms with van der Waals surface area (Å²) in [7, 11) is 1.63. The molecule has 2 aliphatic rings. The molecule has 180 valence electrons. The summed E-state index contributed by atoms with van der Waals surface area (Å²) in [6.45, 7) is 0.664. The van der Waals surface area contributed by atoms with E-state index in [4.69, 9.17) is 4.74 Å².